The van der Waals surface area contributed by atoms with Crippen molar-refractivity contribution in [3.8, 4) is 5.75 Å². The number of carbonyl (C=O) groups is 1. The van der Waals surface area contributed by atoms with E-state index in [4.69, 9.17) is 4.74 Å². The predicted octanol–water partition coefficient (Wildman–Crippen LogP) is 2.53. The molecule has 3 aromatic rings. The second-order valence-electron chi connectivity index (χ2n) is 6.66. The van der Waals surface area contributed by atoms with Crippen LogP contribution < -0.4 is 10.1 Å². The maximum absolute atomic E-state index is 11.9. The Morgan fingerprint density at radius 2 is 1.94 bits per heavy atom. The molecule has 1 aliphatic heterocycles. The Hall–Kier alpha value is -4.41. The number of fused-ring (bicyclic) bond motifs is 1. The number of nitro groups is 1. The highest BCUT2D eigenvalue weighted by Crippen LogP contribution is 2.33. The Morgan fingerprint density at radius 1 is 1.23 bits per heavy atom. The van der Waals surface area contributed by atoms with Crippen molar-refractivity contribution in [2.75, 3.05) is 19.5 Å². The van der Waals surface area contributed by atoms with Crippen molar-refractivity contribution >= 4 is 28.4 Å². The number of nitrogens with zero attached hydrogens (tertiary/aromatic N) is 5. The minimum atomic E-state index is -1.51. The normalized spacial score (nSPS) is 16.3. The summed E-state index contributed by atoms with van der Waals surface area (Å²) in [4.78, 5) is 33.0. The number of imidazole rings is 1. The first kappa shape index (κ1) is 19.9. The monoisotopic (exact) mass is 422 g/mol. The summed E-state index contributed by atoms with van der Waals surface area (Å²) in [5, 5.41) is 24.5. The zero-order chi connectivity index (χ0) is 22.1. The fraction of sp³-hybridized carbons (Fsp3) is 0.150. The predicted molar refractivity (Wildman–Crippen MR) is 112 cm³/mol. The highest BCUT2D eigenvalue weighted by atomic mass is 16.6. The van der Waals surface area contributed by atoms with Crippen LogP contribution in [-0.4, -0.2) is 50.3 Å². The molecular weight excluding hydrogens is 404 g/mol. The maximum Gasteiger partial charge on any atom is 0.361 e. The highest BCUT2D eigenvalue weighted by molar-refractivity contribution is 6.42. The van der Waals surface area contributed by atoms with E-state index in [1.165, 1.54) is 18.3 Å². The molecule has 31 heavy (non-hydrogen) atoms. The topological polar surface area (TPSA) is 135 Å². The van der Waals surface area contributed by atoms with Gasteiger partial charge in [0, 0.05) is 7.05 Å². The smallest absolute Gasteiger partial charge is 0.361 e. The van der Waals surface area contributed by atoms with E-state index >= 15 is 0 Å². The van der Waals surface area contributed by atoms with Crippen molar-refractivity contribution in [3.05, 3.63) is 76.5 Å². The van der Waals surface area contributed by atoms with E-state index in [0.717, 1.165) is 0 Å². The van der Waals surface area contributed by atoms with Gasteiger partial charge in [0.05, 0.1) is 35.1 Å². The number of carboxylic acids is 1. The molecule has 0 aliphatic carbocycles. The van der Waals surface area contributed by atoms with Crippen LogP contribution in [0.25, 0.3) is 11.0 Å². The molecule has 0 saturated carbocycles. The molecule has 0 spiro atoms. The number of aromatic nitrogens is 2. The average molecular weight is 422 g/mol. The molecule has 0 radical (unpaired) electrons. The Bertz CT molecular complexity index is 1250. The zero-order valence-corrected chi connectivity index (χ0v) is 16.6. The van der Waals surface area contributed by atoms with Gasteiger partial charge in [-0.15, -0.1) is 0 Å². The van der Waals surface area contributed by atoms with Crippen LogP contribution in [0.3, 0.4) is 0 Å². The van der Waals surface area contributed by atoms with Crippen molar-refractivity contribution in [2.45, 2.75) is 6.29 Å². The lowest BCUT2D eigenvalue weighted by Gasteiger charge is -2.33. The van der Waals surface area contributed by atoms with E-state index < -0.39 is 28.6 Å². The summed E-state index contributed by atoms with van der Waals surface area (Å²) in [5.41, 5.74) is 0.511. The molecular formula is C20H18N6O5. The van der Waals surface area contributed by atoms with Gasteiger partial charge in [0.15, 0.2) is 5.82 Å². The number of rotatable bonds is 6. The number of hydrogen-bond donors (Lipinski definition) is 2. The Balaban J connectivity index is 1.89. The number of ether oxygens (including phenoxy) is 1. The van der Waals surface area contributed by atoms with Crippen molar-refractivity contribution < 1.29 is 19.6 Å². The van der Waals surface area contributed by atoms with Crippen LogP contribution in [0.1, 0.15) is 6.29 Å². The molecule has 1 unspecified atom stereocenters. The number of aliphatic imine (C=N–C) groups is 1. The van der Waals surface area contributed by atoms with Crippen LogP contribution in [0.15, 0.2) is 71.4 Å². The standard InChI is InChI=1S/C20H18N6O5/c1-24-18(22-13-8-4-6-10-15(13)31-2)17(26(29)30)16(19(27)28)23-20(24)25-11-21-12-7-3-5-9-14(12)25/h3-11,20,22H,1-2H3,(H,27,28). The van der Waals surface area contributed by atoms with E-state index in [1.807, 2.05) is 24.3 Å². The molecule has 0 saturated heterocycles. The molecule has 2 N–H and O–H groups in total. The summed E-state index contributed by atoms with van der Waals surface area (Å²) < 4.78 is 6.97. The zero-order valence-electron chi connectivity index (χ0n) is 16.6. The second-order valence-corrected chi connectivity index (χ2v) is 6.66. The third-order valence-corrected chi connectivity index (χ3v) is 4.87. The lowest BCUT2D eigenvalue weighted by atomic mass is 10.2. The number of anilines is 1. The fourth-order valence-corrected chi connectivity index (χ4v) is 3.42. The van der Waals surface area contributed by atoms with Gasteiger partial charge >= 0.3 is 11.7 Å². The van der Waals surface area contributed by atoms with Gasteiger partial charge in [-0.1, -0.05) is 24.3 Å². The summed E-state index contributed by atoms with van der Waals surface area (Å²) in [6.07, 6.45) is 0.603. The quantitative estimate of drug-likeness (QED) is 0.457. The highest BCUT2D eigenvalue weighted by Gasteiger charge is 2.40. The number of aliphatic carboxylic acids is 1. The molecule has 11 heteroatoms. The van der Waals surface area contributed by atoms with E-state index in [1.54, 1.807) is 35.9 Å². The summed E-state index contributed by atoms with van der Waals surface area (Å²) in [7, 11) is 3.06. The first-order valence-electron chi connectivity index (χ1n) is 9.17. The summed E-state index contributed by atoms with van der Waals surface area (Å²) >= 11 is 0. The van der Waals surface area contributed by atoms with Gasteiger partial charge in [-0.2, -0.15) is 0 Å². The van der Waals surface area contributed by atoms with Crippen LogP contribution in [0.2, 0.25) is 0 Å². The third kappa shape index (κ3) is 3.41. The Kier molecular flexibility index (Phi) is 4.99. The first-order chi connectivity index (χ1) is 14.9. The molecule has 1 atom stereocenters. The molecule has 4 rings (SSSR count). The van der Waals surface area contributed by atoms with E-state index in [9.17, 15) is 20.0 Å². The van der Waals surface area contributed by atoms with Crippen LogP contribution in [-0.2, 0) is 4.79 Å². The summed E-state index contributed by atoms with van der Waals surface area (Å²) in [5.74, 6) is -1.10. The van der Waals surface area contributed by atoms with E-state index in [2.05, 4.69) is 15.3 Å². The molecule has 158 valence electrons. The van der Waals surface area contributed by atoms with Crippen LogP contribution >= 0.6 is 0 Å². The molecule has 2 aromatic carbocycles. The van der Waals surface area contributed by atoms with E-state index in [-0.39, 0.29) is 5.82 Å². The van der Waals surface area contributed by atoms with Gasteiger partial charge in [-0.05, 0) is 24.3 Å². The lowest BCUT2D eigenvalue weighted by molar-refractivity contribution is -0.417. The molecule has 1 aromatic heterocycles. The SMILES string of the molecule is COc1ccccc1NC1=C([N+](=O)[O-])C(C(=O)O)=NC(n2cnc3ccccc32)N1C. The average Bonchev–Trinajstić information content (AvgIpc) is 3.18. The lowest BCUT2D eigenvalue weighted by Crippen LogP contribution is -2.40. The summed E-state index contributed by atoms with van der Waals surface area (Å²) in [6.45, 7) is 0. The molecule has 2 heterocycles. The minimum absolute atomic E-state index is 0.0373. The van der Waals surface area contributed by atoms with Crippen LogP contribution in [0.4, 0.5) is 5.69 Å². The van der Waals surface area contributed by atoms with Crippen molar-refractivity contribution in [2.24, 2.45) is 4.99 Å². The number of methoxy groups -OCH3 is 1. The number of hydrogen-bond acceptors (Lipinski definition) is 8. The second kappa shape index (κ2) is 7.78. The molecule has 11 nitrogen and oxygen atoms in total. The third-order valence-electron chi connectivity index (χ3n) is 4.87. The van der Waals surface area contributed by atoms with Crippen molar-refractivity contribution in [3.63, 3.8) is 0 Å². The molecule has 0 fully saturated rings. The summed E-state index contributed by atoms with van der Waals surface area (Å²) in [6, 6.07) is 14.1. The maximum atomic E-state index is 11.9. The van der Waals surface area contributed by atoms with Gasteiger partial charge in [0.1, 0.15) is 5.75 Å². The number of carboxylic acid groups (broad SMARTS) is 1. The minimum Gasteiger partial charge on any atom is -0.495 e. The van der Waals surface area contributed by atoms with Gasteiger partial charge < -0.3 is 20.1 Å². The van der Waals surface area contributed by atoms with Gasteiger partial charge in [0.25, 0.3) is 0 Å². The first-order valence-corrected chi connectivity index (χ1v) is 9.17. The molecule has 0 bridgehead atoms. The van der Waals surface area contributed by atoms with Crippen LogP contribution in [0, 0.1) is 10.1 Å². The Labute approximate surface area is 176 Å². The number of para-hydroxylation sites is 4. The Morgan fingerprint density at radius 3 is 2.65 bits per heavy atom. The van der Waals surface area contributed by atoms with Crippen molar-refractivity contribution in [1.29, 1.82) is 0 Å². The largest absolute Gasteiger partial charge is 0.495 e. The van der Waals surface area contributed by atoms with Gasteiger partial charge in [-0.25, -0.2) is 14.8 Å². The molecule has 1 aliphatic rings. The number of nitrogens with one attached hydrogen (secondary N) is 1. The van der Waals surface area contributed by atoms with E-state index in [0.29, 0.717) is 22.5 Å². The molecule has 0 amide bonds. The fourth-order valence-electron chi connectivity index (χ4n) is 3.42. The van der Waals surface area contributed by atoms with Gasteiger partial charge in [0.2, 0.25) is 12.0 Å². The number of benzene rings is 2. The van der Waals surface area contributed by atoms with Gasteiger partial charge in [-0.3, -0.25) is 14.7 Å². The van der Waals surface area contributed by atoms with Crippen molar-refractivity contribution in [1.82, 2.24) is 14.5 Å². The van der Waals surface area contributed by atoms with Crippen LogP contribution in [0.5, 0.6) is 5.75 Å².